The largest absolute Gasteiger partial charge is 0.360 e. The predicted molar refractivity (Wildman–Crippen MR) is 111 cm³/mol. The van der Waals surface area contributed by atoms with E-state index < -0.39 is 44.2 Å². The zero-order valence-electron chi connectivity index (χ0n) is 16.9. The average Bonchev–Trinajstić information content (AvgIpc) is 3.52. The summed E-state index contributed by atoms with van der Waals surface area (Å²) in [4.78, 5) is 6.74. The van der Waals surface area contributed by atoms with Gasteiger partial charge in [-0.05, 0) is 19.1 Å². The first-order chi connectivity index (χ1) is 15.8. The molecule has 0 radical (unpaired) electrons. The van der Waals surface area contributed by atoms with Gasteiger partial charge in [-0.25, -0.2) is 26.6 Å². The van der Waals surface area contributed by atoms with Gasteiger partial charge in [-0.3, -0.25) is 5.10 Å². The van der Waals surface area contributed by atoms with E-state index in [1.807, 2.05) is 0 Å². The highest BCUT2D eigenvalue weighted by atomic mass is 32.2. The van der Waals surface area contributed by atoms with Crippen molar-refractivity contribution in [3.63, 3.8) is 0 Å². The van der Waals surface area contributed by atoms with Crippen molar-refractivity contribution in [3.05, 3.63) is 71.6 Å². The molecule has 3 aromatic heterocycles. The molecule has 0 bridgehead atoms. The Labute approximate surface area is 184 Å². The van der Waals surface area contributed by atoms with Gasteiger partial charge in [-0.2, -0.15) is 5.10 Å². The average molecular weight is 473 g/mol. The molecule has 33 heavy (non-hydrogen) atoms. The Balaban J connectivity index is 1.62. The summed E-state index contributed by atoms with van der Waals surface area (Å²) in [6, 6.07) is 4.57. The Morgan fingerprint density at radius 2 is 1.91 bits per heavy atom. The molecule has 5 rings (SSSR count). The molecule has 2 N–H and O–H groups in total. The van der Waals surface area contributed by atoms with Gasteiger partial charge in [-0.15, -0.1) is 0 Å². The van der Waals surface area contributed by atoms with Crippen LogP contribution in [0.5, 0.6) is 0 Å². The number of nitrogens with zero attached hydrogens (tertiary/aromatic N) is 3. The number of aromatic amines is 2. The smallest absolute Gasteiger partial charge is 0.187 e. The molecule has 5 aromatic rings. The number of hydrogen-bond acceptors (Lipinski definition) is 6. The van der Waals surface area contributed by atoms with Gasteiger partial charge in [0.05, 0.1) is 17.5 Å². The Morgan fingerprint density at radius 1 is 1.09 bits per heavy atom. The lowest BCUT2D eigenvalue weighted by Gasteiger charge is -2.11. The van der Waals surface area contributed by atoms with Crippen molar-refractivity contribution in [2.45, 2.75) is 17.6 Å². The lowest BCUT2D eigenvalue weighted by molar-refractivity contribution is 0.394. The van der Waals surface area contributed by atoms with E-state index in [2.05, 4.69) is 25.3 Å². The number of nitrogens with one attached hydrogen (secondary N) is 2. The zero-order valence-corrected chi connectivity index (χ0v) is 17.7. The van der Waals surface area contributed by atoms with Gasteiger partial charge < -0.3 is 9.51 Å². The highest BCUT2D eigenvalue weighted by Crippen LogP contribution is 2.36. The standard InChI is InChI=1S/C21H14F3N5O3S/c1-10-15(8-27-32-10)33(30,31)9-11-2-5-14(22)16(17(11)23)12-3-4-13-19(18(12)24)28-29-20(13)21-25-6-7-26-21/h2-8H,9H2,1H3,(H,25,26)(H,28,29). The molecule has 2 aromatic carbocycles. The molecule has 0 saturated heterocycles. The first-order valence-electron chi connectivity index (χ1n) is 9.55. The number of aryl methyl sites for hydroxylation is 1. The number of aromatic nitrogens is 5. The Kier molecular flexibility index (Phi) is 4.81. The van der Waals surface area contributed by atoms with Crippen LogP contribution in [0.15, 0.2) is 52.3 Å². The molecule has 0 saturated carbocycles. The predicted octanol–water partition coefficient (Wildman–Crippen LogP) is 4.31. The van der Waals surface area contributed by atoms with E-state index in [4.69, 9.17) is 4.52 Å². The van der Waals surface area contributed by atoms with Crippen molar-refractivity contribution in [2.75, 3.05) is 0 Å². The van der Waals surface area contributed by atoms with Gasteiger partial charge in [0.1, 0.15) is 27.7 Å². The van der Waals surface area contributed by atoms with Crippen LogP contribution in [0.2, 0.25) is 0 Å². The lowest BCUT2D eigenvalue weighted by atomic mass is 9.99. The second-order valence-electron chi connectivity index (χ2n) is 7.26. The van der Waals surface area contributed by atoms with Crippen molar-refractivity contribution in [1.82, 2.24) is 25.3 Å². The van der Waals surface area contributed by atoms with Crippen LogP contribution < -0.4 is 0 Å². The number of fused-ring (bicyclic) bond motifs is 1. The van der Waals surface area contributed by atoms with Gasteiger partial charge >= 0.3 is 0 Å². The number of imidazole rings is 1. The highest BCUT2D eigenvalue weighted by molar-refractivity contribution is 7.90. The van der Waals surface area contributed by atoms with Crippen molar-refractivity contribution in [1.29, 1.82) is 0 Å². The molecule has 0 aliphatic rings. The van der Waals surface area contributed by atoms with Crippen molar-refractivity contribution in [3.8, 4) is 22.6 Å². The lowest BCUT2D eigenvalue weighted by Crippen LogP contribution is -2.08. The second-order valence-corrected chi connectivity index (χ2v) is 9.22. The van der Waals surface area contributed by atoms with E-state index in [1.54, 1.807) is 6.20 Å². The number of hydrogen-bond donors (Lipinski definition) is 2. The van der Waals surface area contributed by atoms with Crippen LogP contribution in [-0.4, -0.2) is 33.7 Å². The fourth-order valence-electron chi connectivity index (χ4n) is 3.65. The summed E-state index contributed by atoms with van der Waals surface area (Å²) < 4.78 is 75.5. The number of sulfone groups is 1. The fraction of sp³-hybridized carbons (Fsp3) is 0.0952. The summed E-state index contributed by atoms with van der Waals surface area (Å²) in [6.07, 6.45) is 4.10. The van der Waals surface area contributed by atoms with Crippen molar-refractivity contribution < 1.29 is 26.1 Å². The number of halogens is 3. The minimum absolute atomic E-state index is 0.0418. The van der Waals surface area contributed by atoms with E-state index in [9.17, 15) is 12.8 Å². The maximum Gasteiger partial charge on any atom is 0.187 e. The minimum atomic E-state index is -4.04. The molecule has 0 fully saturated rings. The van der Waals surface area contributed by atoms with Crippen LogP contribution in [0.3, 0.4) is 0 Å². The monoisotopic (exact) mass is 473 g/mol. The van der Waals surface area contributed by atoms with E-state index in [-0.39, 0.29) is 21.7 Å². The Morgan fingerprint density at radius 3 is 2.61 bits per heavy atom. The first kappa shape index (κ1) is 20.9. The van der Waals surface area contributed by atoms with E-state index in [1.165, 1.54) is 25.3 Å². The highest BCUT2D eigenvalue weighted by Gasteiger charge is 2.27. The Hall–Kier alpha value is -3.93. The fourth-order valence-corrected chi connectivity index (χ4v) is 5.11. The first-order valence-corrected chi connectivity index (χ1v) is 11.2. The third kappa shape index (κ3) is 3.39. The third-order valence-electron chi connectivity index (χ3n) is 5.23. The topological polar surface area (TPSA) is 118 Å². The van der Waals surface area contributed by atoms with Crippen LogP contribution in [0.25, 0.3) is 33.5 Å². The van der Waals surface area contributed by atoms with Crippen LogP contribution in [0.1, 0.15) is 11.3 Å². The van der Waals surface area contributed by atoms with E-state index in [0.29, 0.717) is 16.9 Å². The van der Waals surface area contributed by atoms with Crippen LogP contribution in [0.4, 0.5) is 13.2 Å². The quantitative estimate of drug-likeness (QED) is 0.393. The maximum absolute atomic E-state index is 15.3. The van der Waals surface area contributed by atoms with Gasteiger partial charge in [-0.1, -0.05) is 17.3 Å². The number of rotatable bonds is 5. The van der Waals surface area contributed by atoms with Crippen LogP contribution in [0, 0.1) is 24.4 Å². The Bertz CT molecular complexity index is 1610. The normalized spacial score (nSPS) is 12.0. The molecule has 0 spiro atoms. The summed E-state index contributed by atoms with van der Waals surface area (Å²) in [6.45, 7) is 1.40. The molecule has 0 atom stereocenters. The number of benzene rings is 2. The maximum atomic E-state index is 15.3. The van der Waals surface area contributed by atoms with Crippen LogP contribution in [-0.2, 0) is 15.6 Å². The third-order valence-corrected chi connectivity index (χ3v) is 6.98. The van der Waals surface area contributed by atoms with Crippen LogP contribution >= 0.6 is 0 Å². The summed E-state index contributed by atoms with van der Waals surface area (Å²) in [7, 11) is -4.04. The summed E-state index contributed by atoms with van der Waals surface area (Å²) in [5, 5.41) is 10.4. The molecule has 3 heterocycles. The van der Waals surface area contributed by atoms with Crippen molar-refractivity contribution in [2.24, 2.45) is 0 Å². The minimum Gasteiger partial charge on any atom is -0.360 e. The zero-order chi connectivity index (χ0) is 23.3. The molecule has 12 heteroatoms. The van der Waals surface area contributed by atoms with Crippen molar-refractivity contribution >= 4 is 20.7 Å². The molecule has 168 valence electrons. The summed E-state index contributed by atoms with van der Waals surface area (Å²) in [5.41, 5.74) is -1.15. The molecule has 8 nitrogen and oxygen atoms in total. The molecular weight excluding hydrogens is 459 g/mol. The SMILES string of the molecule is Cc1oncc1S(=O)(=O)Cc1ccc(F)c(-c2ccc3c(-c4ncc[nH]4)[nH]nc3c2F)c1F. The molecule has 0 amide bonds. The van der Waals surface area contributed by atoms with E-state index >= 15 is 8.78 Å². The van der Waals surface area contributed by atoms with Gasteiger partial charge in [0, 0.05) is 28.9 Å². The second kappa shape index (κ2) is 7.59. The molecule has 0 aliphatic heterocycles. The molecular formula is C21H14F3N5O3S. The van der Waals surface area contributed by atoms with Gasteiger partial charge in [0.2, 0.25) is 0 Å². The summed E-state index contributed by atoms with van der Waals surface area (Å²) >= 11 is 0. The number of H-pyrrole nitrogens is 2. The summed E-state index contributed by atoms with van der Waals surface area (Å²) in [5.74, 6) is -3.53. The van der Waals surface area contributed by atoms with E-state index in [0.717, 1.165) is 18.3 Å². The molecule has 0 unspecified atom stereocenters. The van der Waals surface area contributed by atoms with Gasteiger partial charge in [0.25, 0.3) is 0 Å². The molecule has 0 aliphatic carbocycles. The van der Waals surface area contributed by atoms with Gasteiger partial charge in [0.15, 0.2) is 27.2 Å².